The lowest BCUT2D eigenvalue weighted by Gasteiger charge is -2.24. The number of ether oxygens (including phenoxy) is 2. The summed E-state index contributed by atoms with van der Waals surface area (Å²) in [5.41, 5.74) is 2.45. The molecule has 0 N–H and O–H groups in total. The van der Waals surface area contributed by atoms with Crippen LogP contribution in [0.15, 0.2) is 71.5 Å². The minimum Gasteiger partial charge on any atom is -0.476 e. The first kappa shape index (κ1) is 29.2. The summed E-state index contributed by atoms with van der Waals surface area (Å²) in [5, 5.41) is 9.44. The van der Waals surface area contributed by atoms with Crippen molar-refractivity contribution < 1.29 is 18.7 Å². The molecule has 0 saturated carbocycles. The quantitative estimate of drug-likeness (QED) is 0.233. The van der Waals surface area contributed by atoms with E-state index in [-0.39, 0.29) is 12.0 Å². The maximum Gasteiger partial charge on any atom is 0.349 e. The fourth-order valence-corrected chi connectivity index (χ4v) is 4.86. The normalized spacial score (nSPS) is 11.1. The summed E-state index contributed by atoms with van der Waals surface area (Å²) in [6.07, 6.45) is 1.41. The van der Waals surface area contributed by atoms with Crippen molar-refractivity contribution in [2.24, 2.45) is 0 Å². The van der Waals surface area contributed by atoms with E-state index in [1.165, 1.54) is 13.2 Å². The van der Waals surface area contributed by atoms with Crippen LogP contribution in [0.2, 0.25) is 0 Å². The van der Waals surface area contributed by atoms with Crippen molar-refractivity contribution in [2.45, 2.75) is 52.6 Å². The van der Waals surface area contributed by atoms with Crippen molar-refractivity contribution in [1.82, 2.24) is 9.55 Å². The summed E-state index contributed by atoms with van der Waals surface area (Å²) in [6, 6.07) is 21.1. The van der Waals surface area contributed by atoms with Crippen LogP contribution in [0.5, 0.6) is 5.75 Å². The first-order valence-electron chi connectivity index (χ1n) is 13.4. The van der Waals surface area contributed by atoms with Gasteiger partial charge in [-0.05, 0) is 80.3 Å². The van der Waals surface area contributed by atoms with E-state index < -0.39 is 17.4 Å². The molecule has 3 aromatic carbocycles. The number of halogens is 1. The first-order valence-corrected chi connectivity index (χ1v) is 13.4. The van der Waals surface area contributed by atoms with Crippen LogP contribution in [-0.2, 0) is 22.4 Å². The van der Waals surface area contributed by atoms with E-state index in [2.05, 4.69) is 11.1 Å². The second-order valence-electron chi connectivity index (χ2n) is 10.2. The molecule has 0 radical (unpaired) electrons. The van der Waals surface area contributed by atoms with Crippen LogP contribution in [0, 0.1) is 24.1 Å². The average Bonchev–Trinajstić information content (AvgIpc) is 2.96. The number of nitriles is 1. The van der Waals surface area contributed by atoms with Gasteiger partial charge in [-0.1, -0.05) is 43.7 Å². The number of carbonyl (C=O) groups excluding carboxylic acids is 1. The molecule has 41 heavy (non-hydrogen) atoms. The van der Waals surface area contributed by atoms with Gasteiger partial charge >= 0.3 is 5.97 Å². The van der Waals surface area contributed by atoms with Crippen LogP contribution in [0.25, 0.3) is 16.8 Å². The van der Waals surface area contributed by atoms with Gasteiger partial charge in [0.25, 0.3) is 5.56 Å². The second-order valence-corrected chi connectivity index (χ2v) is 10.2. The molecule has 0 aliphatic heterocycles. The van der Waals surface area contributed by atoms with E-state index >= 15 is 4.39 Å². The number of esters is 1. The zero-order valence-corrected chi connectivity index (χ0v) is 23.8. The molecule has 0 saturated heterocycles. The highest BCUT2D eigenvalue weighted by Gasteiger charge is 2.31. The van der Waals surface area contributed by atoms with E-state index in [1.807, 2.05) is 23.6 Å². The molecule has 0 amide bonds. The first-order chi connectivity index (χ1) is 19.6. The van der Waals surface area contributed by atoms with Crippen molar-refractivity contribution in [3.63, 3.8) is 0 Å². The molecule has 210 valence electrons. The molecular weight excluding hydrogens is 521 g/mol. The lowest BCUT2D eigenvalue weighted by atomic mass is 9.96. The van der Waals surface area contributed by atoms with Crippen LogP contribution < -0.4 is 10.3 Å². The Bertz CT molecular complexity index is 1680. The summed E-state index contributed by atoms with van der Waals surface area (Å²) in [5.74, 6) is 0.0354. The summed E-state index contributed by atoms with van der Waals surface area (Å²) in [4.78, 5) is 29.5. The Morgan fingerprint density at radius 1 is 1.10 bits per heavy atom. The average molecular weight is 554 g/mol. The number of aromatic nitrogens is 2. The third-order valence-electron chi connectivity index (χ3n) is 6.87. The van der Waals surface area contributed by atoms with Crippen LogP contribution in [0.4, 0.5) is 4.39 Å². The topological polar surface area (TPSA) is 94.2 Å². The molecule has 0 fully saturated rings. The monoisotopic (exact) mass is 553 g/mol. The standard InChI is InChI=1S/C33H32FN3O4/c1-6-9-30-28(18-23-13-12-22(19-29(23)34)27-11-8-7-10-24(27)20-35)31(38)36-21(2)37(30)25-14-16-26(17-15-25)41-33(3,4)32(39)40-5/h7-8,10-17,19H,6,9,18H2,1-5H3. The fourth-order valence-electron chi connectivity index (χ4n) is 4.86. The summed E-state index contributed by atoms with van der Waals surface area (Å²) < 4.78 is 28.0. The predicted octanol–water partition coefficient (Wildman–Crippen LogP) is 6.09. The molecule has 7 nitrogen and oxygen atoms in total. The Hall–Kier alpha value is -4.77. The van der Waals surface area contributed by atoms with Gasteiger partial charge in [0.2, 0.25) is 0 Å². The van der Waals surface area contributed by atoms with Crippen LogP contribution in [0.3, 0.4) is 0 Å². The number of nitrogens with zero attached hydrogens (tertiary/aromatic N) is 3. The predicted molar refractivity (Wildman–Crippen MR) is 155 cm³/mol. The molecule has 0 spiro atoms. The number of methoxy groups -OCH3 is 1. The third kappa shape index (κ3) is 6.20. The molecule has 0 aliphatic carbocycles. The Kier molecular flexibility index (Phi) is 8.68. The fraction of sp³-hybridized carbons (Fsp3) is 0.273. The highest BCUT2D eigenvalue weighted by molar-refractivity contribution is 5.78. The van der Waals surface area contributed by atoms with E-state index in [0.717, 1.165) is 17.8 Å². The number of hydrogen-bond acceptors (Lipinski definition) is 6. The maximum absolute atomic E-state index is 15.4. The number of benzene rings is 3. The van der Waals surface area contributed by atoms with Gasteiger partial charge in [-0.3, -0.25) is 4.79 Å². The lowest BCUT2D eigenvalue weighted by molar-refractivity contribution is -0.156. The molecule has 4 rings (SSSR count). The van der Waals surface area contributed by atoms with Crippen molar-refractivity contribution >= 4 is 5.97 Å². The Morgan fingerprint density at radius 3 is 2.44 bits per heavy atom. The van der Waals surface area contributed by atoms with Gasteiger partial charge in [-0.15, -0.1) is 0 Å². The number of aryl methyl sites for hydroxylation is 1. The minimum absolute atomic E-state index is 0.0714. The molecule has 0 bridgehead atoms. The Labute approximate surface area is 238 Å². The maximum atomic E-state index is 15.4. The highest BCUT2D eigenvalue weighted by Crippen LogP contribution is 2.28. The zero-order valence-electron chi connectivity index (χ0n) is 23.8. The van der Waals surface area contributed by atoms with Crippen molar-refractivity contribution in [3.05, 3.63) is 111 Å². The highest BCUT2D eigenvalue weighted by atomic mass is 19.1. The Balaban J connectivity index is 1.72. The molecule has 0 aliphatic rings. The van der Waals surface area contributed by atoms with Gasteiger partial charge in [0.1, 0.15) is 17.4 Å². The molecule has 0 unspecified atom stereocenters. The Morgan fingerprint density at radius 2 is 1.80 bits per heavy atom. The van der Waals surface area contributed by atoms with E-state index in [1.54, 1.807) is 69.3 Å². The summed E-state index contributed by atoms with van der Waals surface area (Å²) in [6.45, 7) is 7.03. The van der Waals surface area contributed by atoms with Gasteiger partial charge in [0, 0.05) is 23.4 Å². The number of carbonyl (C=O) groups is 1. The third-order valence-corrected chi connectivity index (χ3v) is 6.87. The minimum atomic E-state index is -1.16. The summed E-state index contributed by atoms with van der Waals surface area (Å²) >= 11 is 0. The molecule has 1 aromatic heterocycles. The van der Waals surface area contributed by atoms with Crippen LogP contribution in [0.1, 0.15) is 55.4 Å². The van der Waals surface area contributed by atoms with E-state index in [9.17, 15) is 14.9 Å². The van der Waals surface area contributed by atoms with Gasteiger partial charge < -0.3 is 14.0 Å². The second kappa shape index (κ2) is 12.2. The van der Waals surface area contributed by atoms with E-state index in [4.69, 9.17) is 9.47 Å². The SMILES string of the molecule is CCCc1c(Cc2ccc(-c3ccccc3C#N)cc2F)c(=O)nc(C)n1-c1ccc(OC(C)(C)C(=O)OC)cc1. The number of rotatable bonds is 9. The molecule has 0 atom stereocenters. The molecular formula is C33H32FN3O4. The van der Waals surface area contributed by atoms with Gasteiger partial charge in [0.15, 0.2) is 5.60 Å². The van der Waals surface area contributed by atoms with Gasteiger partial charge in [-0.25, -0.2) is 9.18 Å². The van der Waals surface area contributed by atoms with Gasteiger partial charge in [0.05, 0.1) is 18.7 Å². The van der Waals surface area contributed by atoms with Gasteiger partial charge in [-0.2, -0.15) is 10.2 Å². The van der Waals surface area contributed by atoms with Crippen LogP contribution in [-0.4, -0.2) is 28.2 Å². The molecule has 8 heteroatoms. The van der Waals surface area contributed by atoms with Crippen molar-refractivity contribution in [3.8, 4) is 28.6 Å². The molecule has 1 heterocycles. The van der Waals surface area contributed by atoms with Crippen molar-refractivity contribution in [2.75, 3.05) is 7.11 Å². The summed E-state index contributed by atoms with van der Waals surface area (Å²) in [7, 11) is 1.31. The van der Waals surface area contributed by atoms with Crippen LogP contribution >= 0.6 is 0 Å². The molecule has 4 aromatic rings. The smallest absolute Gasteiger partial charge is 0.349 e. The van der Waals surface area contributed by atoms with E-state index in [0.29, 0.717) is 45.8 Å². The zero-order chi connectivity index (χ0) is 29.7. The number of hydrogen-bond donors (Lipinski definition) is 0. The lowest BCUT2D eigenvalue weighted by Crippen LogP contribution is -2.39. The van der Waals surface area contributed by atoms with Crippen molar-refractivity contribution in [1.29, 1.82) is 5.26 Å². The largest absolute Gasteiger partial charge is 0.476 e.